The van der Waals surface area contributed by atoms with Gasteiger partial charge in [0.15, 0.2) is 5.78 Å². The molecule has 1 saturated heterocycles. The van der Waals surface area contributed by atoms with Gasteiger partial charge < -0.3 is 4.74 Å². The highest BCUT2D eigenvalue weighted by Crippen LogP contribution is 2.25. The van der Waals surface area contributed by atoms with E-state index in [2.05, 4.69) is 9.88 Å². The number of morpholine rings is 1. The first kappa shape index (κ1) is 13.9. The van der Waals surface area contributed by atoms with Crippen LogP contribution in [0.15, 0.2) is 54.9 Å². The number of ketones is 1. The number of Topliss-reactive ketones (excluding diaryl/α,β-unsaturated/α-hetero) is 1. The monoisotopic (exact) mass is 282 g/mol. The molecule has 0 N–H and O–H groups in total. The second-order valence-electron chi connectivity index (χ2n) is 5.06. The highest BCUT2D eigenvalue weighted by molar-refractivity contribution is 6.00. The molecule has 0 spiro atoms. The second kappa shape index (κ2) is 6.61. The Morgan fingerprint density at radius 2 is 1.71 bits per heavy atom. The Hall–Kier alpha value is -2.04. The van der Waals surface area contributed by atoms with Crippen LogP contribution >= 0.6 is 0 Å². The molecule has 0 aliphatic carbocycles. The third kappa shape index (κ3) is 3.17. The fraction of sp³-hybridized carbons (Fsp3) is 0.294. The molecule has 1 aliphatic heterocycles. The van der Waals surface area contributed by atoms with Gasteiger partial charge in [-0.3, -0.25) is 14.7 Å². The maximum atomic E-state index is 12.9. The molecule has 1 fully saturated rings. The normalized spacial score (nSPS) is 17.3. The SMILES string of the molecule is O=C(c1ccccc1)C(c1ccncc1)N1CCOCC1. The van der Waals surface area contributed by atoms with E-state index in [0.717, 1.165) is 24.2 Å². The highest BCUT2D eigenvalue weighted by atomic mass is 16.5. The molecule has 1 unspecified atom stereocenters. The zero-order chi connectivity index (χ0) is 14.5. The van der Waals surface area contributed by atoms with Crippen LogP contribution in [-0.2, 0) is 4.74 Å². The third-order valence-corrected chi connectivity index (χ3v) is 3.74. The van der Waals surface area contributed by atoms with Gasteiger partial charge in [0.2, 0.25) is 0 Å². The van der Waals surface area contributed by atoms with E-state index >= 15 is 0 Å². The van der Waals surface area contributed by atoms with Crippen molar-refractivity contribution in [2.75, 3.05) is 26.3 Å². The van der Waals surface area contributed by atoms with Crippen LogP contribution in [0.3, 0.4) is 0 Å². The van der Waals surface area contributed by atoms with Crippen molar-refractivity contribution >= 4 is 5.78 Å². The number of rotatable bonds is 4. The zero-order valence-electron chi connectivity index (χ0n) is 11.8. The van der Waals surface area contributed by atoms with Crippen LogP contribution < -0.4 is 0 Å². The molecule has 0 radical (unpaired) electrons. The first-order valence-electron chi connectivity index (χ1n) is 7.17. The van der Waals surface area contributed by atoms with Crippen LogP contribution in [-0.4, -0.2) is 42.0 Å². The number of ether oxygens (including phenoxy) is 1. The molecule has 0 saturated carbocycles. The maximum absolute atomic E-state index is 12.9. The van der Waals surface area contributed by atoms with Gasteiger partial charge in [0, 0.05) is 31.0 Å². The smallest absolute Gasteiger partial charge is 0.184 e. The Labute approximate surface area is 124 Å². The van der Waals surface area contributed by atoms with Crippen LogP contribution in [0.4, 0.5) is 0 Å². The topological polar surface area (TPSA) is 42.4 Å². The lowest BCUT2D eigenvalue weighted by atomic mass is 9.96. The fourth-order valence-corrected chi connectivity index (χ4v) is 2.67. The number of pyridine rings is 1. The van der Waals surface area contributed by atoms with Crippen molar-refractivity contribution < 1.29 is 9.53 Å². The molecule has 1 aliphatic rings. The number of aromatic nitrogens is 1. The van der Waals surface area contributed by atoms with Gasteiger partial charge in [0.1, 0.15) is 0 Å². The van der Waals surface area contributed by atoms with Gasteiger partial charge in [-0.15, -0.1) is 0 Å². The van der Waals surface area contributed by atoms with Crippen molar-refractivity contribution in [1.29, 1.82) is 0 Å². The van der Waals surface area contributed by atoms with E-state index in [1.54, 1.807) is 12.4 Å². The van der Waals surface area contributed by atoms with E-state index < -0.39 is 0 Å². The summed E-state index contributed by atoms with van der Waals surface area (Å²) >= 11 is 0. The molecule has 2 aromatic rings. The van der Waals surface area contributed by atoms with E-state index in [1.807, 2.05) is 42.5 Å². The Kier molecular flexibility index (Phi) is 4.38. The molecule has 0 bridgehead atoms. The summed E-state index contributed by atoms with van der Waals surface area (Å²) in [5, 5.41) is 0. The van der Waals surface area contributed by atoms with Crippen molar-refractivity contribution in [1.82, 2.24) is 9.88 Å². The van der Waals surface area contributed by atoms with Crippen molar-refractivity contribution in [2.24, 2.45) is 0 Å². The Bertz CT molecular complexity index is 580. The molecule has 1 aromatic carbocycles. The van der Waals surface area contributed by atoms with Gasteiger partial charge in [0.05, 0.1) is 19.3 Å². The van der Waals surface area contributed by atoms with Crippen molar-refractivity contribution in [3.8, 4) is 0 Å². The minimum atomic E-state index is -0.265. The van der Waals surface area contributed by atoms with Gasteiger partial charge in [-0.25, -0.2) is 0 Å². The summed E-state index contributed by atoms with van der Waals surface area (Å²) in [5.74, 6) is 0.128. The minimum Gasteiger partial charge on any atom is -0.379 e. The molecule has 1 atom stereocenters. The first-order chi connectivity index (χ1) is 10.4. The van der Waals surface area contributed by atoms with Gasteiger partial charge in [-0.2, -0.15) is 0 Å². The highest BCUT2D eigenvalue weighted by Gasteiger charge is 2.29. The summed E-state index contributed by atoms with van der Waals surface area (Å²) in [6, 6.07) is 13.0. The molecular weight excluding hydrogens is 264 g/mol. The molecule has 4 nitrogen and oxygen atoms in total. The molecule has 21 heavy (non-hydrogen) atoms. The van der Waals surface area contributed by atoms with E-state index in [0.29, 0.717) is 13.2 Å². The summed E-state index contributed by atoms with van der Waals surface area (Å²) in [7, 11) is 0. The Morgan fingerprint density at radius 1 is 1.05 bits per heavy atom. The summed E-state index contributed by atoms with van der Waals surface area (Å²) in [4.78, 5) is 19.2. The number of benzene rings is 1. The molecule has 4 heteroatoms. The fourth-order valence-electron chi connectivity index (χ4n) is 2.67. The largest absolute Gasteiger partial charge is 0.379 e. The summed E-state index contributed by atoms with van der Waals surface area (Å²) in [6.45, 7) is 2.88. The molecule has 3 rings (SSSR count). The summed E-state index contributed by atoms with van der Waals surface area (Å²) < 4.78 is 5.41. The average Bonchev–Trinajstić information content (AvgIpc) is 2.58. The van der Waals surface area contributed by atoms with Gasteiger partial charge in [0.25, 0.3) is 0 Å². The van der Waals surface area contributed by atoms with E-state index in [4.69, 9.17) is 4.74 Å². The molecular formula is C17H18N2O2. The van der Waals surface area contributed by atoms with Crippen LogP contribution in [0.5, 0.6) is 0 Å². The van der Waals surface area contributed by atoms with Gasteiger partial charge in [-0.05, 0) is 17.7 Å². The minimum absolute atomic E-state index is 0.128. The summed E-state index contributed by atoms with van der Waals surface area (Å²) in [6.07, 6.45) is 3.47. The quantitative estimate of drug-likeness (QED) is 0.807. The van der Waals surface area contributed by atoms with E-state index in [1.165, 1.54) is 0 Å². The number of nitrogens with zero attached hydrogens (tertiary/aromatic N) is 2. The zero-order valence-corrected chi connectivity index (χ0v) is 11.8. The van der Waals surface area contributed by atoms with Gasteiger partial charge in [-0.1, -0.05) is 30.3 Å². The van der Waals surface area contributed by atoms with E-state index in [-0.39, 0.29) is 11.8 Å². The van der Waals surface area contributed by atoms with E-state index in [9.17, 15) is 4.79 Å². The molecule has 2 heterocycles. The second-order valence-corrected chi connectivity index (χ2v) is 5.06. The molecule has 0 amide bonds. The average molecular weight is 282 g/mol. The number of carbonyl (C=O) groups is 1. The lowest BCUT2D eigenvalue weighted by Crippen LogP contribution is -2.42. The predicted molar refractivity (Wildman–Crippen MR) is 80.1 cm³/mol. The van der Waals surface area contributed by atoms with Crippen LogP contribution in [0, 0.1) is 0 Å². The molecule has 108 valence electrons. The first-order valence-corrected chi connectivity index (χ1v) is 7.17. The standard InChI is InChI=1S/C17H18N2O2/c20-17(15-4-2-1-3-5-15)16(14-6-8-18-9-7-14)19-10-12-21-13-11-19/h1-9,16H,10-13H2. The lowest BCUT2D eigenvalue weighted by Gasteiger charge is -2.33. The number of hydrogen-bond donors (Lipinski definition) is 0. The van der Waals surface area contributed by atoms with Crippen molar-refractivity contribution in [2.45, 2.75) is 6.04 Å². The lowest BCUT2D eigenvalue weighted by molar-refractivity contribution is 0.0172. The Balaban J connectivity index is 1.94. The predicted octanol–water partition coefficient (Wildman–Crippen LogP) is 2.34. The van der Waals surface area contributed by atoms with Gasteiger partial charge >= 0.3 is 0 Å². The molecule has 1 aromatic heterocycles. The maximum Gasteiger partial charge on any atom is 0.184 e. The van der Waals surface area contributed by atoms with Crippen LogP contribution in [0.25, 0.3) is 0 Å². The van der Waals surface area contributed by atoms with Crippen molar-refractivity contribution in [3.63, 3.8) is 0 Å². The van der Waals surface area contributed by atoms with Crippen molar-refractivity contribution in [3.05, 3.63) is 66.0 Å². The number of hydrogen-bond acceptors (Lipinski definition) is 4. The number of carbonyl (C=O) groups excluding carboxylic acids is 1. The third-order valence-electron chi connectivity index (χ3n) is 3.74. The Morgan fingerprint density at radius 3 is 2.38 bits per heavy atom. The van der Waals surface area contributed by atoms with Crippen LogP contribution in [0.1, 0.15) is 22.0 Å². The summed E-state index contributed by atoms with van der Waals surface area (Å²) in [5.41, 5.74) is 1.73. The van der Waals surface area contributed by atoms with Crippen LogP contribution in [0.2, 0.25) is 0 Å².